The van der Waals surface area contributed by atoms with Crippen molar-refractivity contribution in [1.82, 2.24) is 34.7 Å². The molecule has 45 heavy (non-hydrogen) atoms. The first-order chi connectivity index (χ1) is 22.0. The Hall–Kier alpha value is -5.03. The van der Waals surface area contributed by atoms with Gasteiger partial charge in [-0.2, -0.15) is 4.68 Å². The molecule has 4 heterocycles. The molecule has 6 aromatic rings. The molecule has 0 saturated carbocycles. The van der Waals surface area contributed by atoms with Gasteiger partial charge < -0.3 is 9.30 Å². The quantitative estimate of drug-likeness (QED) is 0.127. The van der Waals surface area contributed by atoms with E-state index in [0.29, 0.717) is 41.4 Å². The van der Waals surface area contributed by atoms with Crippen molar-refractivity contribution >= 4 is 11.2 Å². The number of pyridine rings is 2. The third-order valence-electron chi connectivity index (χ3n) is 7.89. The van der Waals surface area contributed by atoms with Crippen molar-refractivity contribution < 1.29 is 19.1 Å². The van der Waals surface area contributed by atoms with Crippen LogP contribution in [0, 0.1) is 0 Å². The molecule has 0 saturated heterocycles. The molecule has 0 aliphatic rings. The summed E-state index contributed by atoms with van der Waals surface area (Å²) < 4.78 is 24.9. The van der Waals surface area contributed by atoms with Gasteiger partial charge in [-0.3, -0.25) is 5.21 Å². The first kappa shape index (κ1) is 30.0. The van der Waals surface area contributed by atoms with Crippen LogP contribution < -0.4 is 4.73 Å². The summed E-state index contributed by atoms with van der Waals surface area (Å²) in [7, 11) is 0. The Labute approximate surface area is 260 Å². The lowest BCUT2D eigenvalue weighted by Gasteiger charge is -2.15. The van der Waals surface area contributed by atoms with Crippen LogP contribution in [0.2, 0.25) is 0 Å². The summed E-state index contributed by atoms with van der Waals surface area (Å²) in [6.45, 7) is 6.33. The number of ether oxygens (including phenoxy) is 1. The van der Waals surface area contributed by atoms with Crippen molar-refractivity contribution in [1.29, 1.82) is 0 Å². The van der Waals surface area contributed by atoms with Gasteiger partial charge in [0, 0.05) is 35.5 Å². The maximum absolute atomic E-state index is 14.3. The Bertz CT molecular complexity index is 1920. The number of aromatic nitrogens is 8. The summed E-state index contributed by atoms with van der Waals surface area (Å²) in [5.74, 6) is 1.54. The Balaban J connectivity index is 1.35. The van der Waals surface area contributed by atoms with Gasteiger partial charge in [-0.25, -0.2) is 14.4 Å². The number of nitrogens with zero attached hydrogens (tertiary/aromatic N) is 8. The molecular formula is C34H36FN8O2+. The largest absolute Gasteiger partial charge is 0.357 e. The second-order valence-electron chi connectivity index (χ2n) is 10.9. The zero-order valence-corrected chi connectivity index (χ0v) is 25.6. The Morgan fingerprint density at radius 1 is 0.956 bits per heavy atom. The fraction of sp³-hybridized carbons (Fsp3) is 0.294. The van der Waals surface area contributed by atoms with E-state index in [2.05, 4.69) is 57.3 Å². The first-order valence-electron chi connectivity index (χ1n) is 15.3. The van der Waals surface area contributed by atoms with Gasteiger partial charge >= 0.3 is 0 Å². The predicted molar refractivity (Wildman–Crippen MR) is 168 cm³/mol. The molecule has 0 aliphatic heterocycles. The van der Waals surface area contributed by atoms with Gasteiger partial charge in [0.05, 0.1) is 17.8 Å². The minimum Gasteiger partial charge on any atom is -0.357 e. The van der Waals surface area contributed by atoms with Crippen LogP contribution in [0.3, 0.4) is 0 Å². The van der Waals surface area contributed by atoms with Crippen molar-refractivity contribution in [3.05, 3.63) is 96.1 Å². The highest BCUT2D eigenvalue weighted by Gasteiger charge is 2.22. The Morgan fingerprint density at radius 2 is 1.73 bits per heavy atom. The van der Waals surface area contributed by atoms with Gasteiger partial charge in [-0.05, 0) is 59.5 Å². The van der Waals surface area contributed by atoms with E-state index in [1.165, 1.54) is 6.20 Å². The molecule has 0 fully saturated rings. The van der Waals surface area contributed by atoms with Crippen molar-refractivity contribution in [2.24, 2.45) is 0 Å². The molecule has 1 atom stereocenters. The van der Waals surface area contributed by atoms with Gasteiger partial charge in [0.25, 0.3) is 5.69 Å². The molecule has 4 aromatic heterocycles. The van der Waals surface area contributed by atoms with Crippen LogP contribution in [0.25, 0.3) is 44.9 Å². The molecule has 0 spiro atoms. The van der Waals surface area contributed by atoms with Crippen LogP contribution in [0.15, 0.2) is 79.0 Å². The molecule has 10 nitrogen and oxygen atoms in total. The van der Waals surface area contributed by atoms with Gasteiger partial charge in [0.2, 0.25) is 6.20 Å². The number of hydrogen-bond acceptors (Lipinski definition) is 7. The summed E-state index contributed by atoms with van der Waals surface area (Å²) in [5, 5.41) is 22.8. The van der Waals surface area contributed by atoms with Gasteiger partial charge in [0.15, 0.2) is 17.7 Å². The summed E-state index contributed by atoms with van der Waals surface area (Å²) in [4.78, 5) is 9.68. The lowest BCUT2D eigenvalue weighted by molar-refractivity contribution is -0.896. The lowest BCUT2D eigenvalue weighted by Crippen LogP contribution is -2.32. The predicted octanol–water partition coefficient (Wildman–Crippen LogP) is 6.36. The number of benzene rings is 2. The molecule has 1 N–H and O–H groups in total. The van der Waals surface area contributed by atoms with E-state index in [1.54, 1.807) is 22.9 Å². The summed E-state index contributed by atoms with van der Waals surface area (Å²) in [6.07, 6.45) is 3.98. The topological polar surface area (TPSA) is 108 Å². The molecular weight excluding hydrogens is 571 g/mol. The van der Waals surface area contributed by atoms with Crippen LogP contribution in [-0.2, 0) is 24.4 Å². The smallest absolute Gasteiger partial charge is 0.266 e. The second kappa shape index (κ2) is 13.3. The number of tetrazole rings is 1. The molecule has 2 aromatic carbocycles. The maximum atomic E-state index is 14.3. The van der Waals surface area contributed by atoms with Crippen LogP contribution in [0.4, 0.5) is 4.39 Å². The number of unbranched alkanes of at least 4 members (excludes halogenated alkanes) is 1. The fourth-order valence-electron chi connectivity index (χ4n) is 5.63. The third kappa shape index (κ3) is 6.03. The number of alkyl halides is 1. The van der Waals surface area contributed by atoms with Gasteiger partial charge in [-0.15, -0.1) is 5.10 Å². The van der Waals surface area contributed by atoms with Crippen LogP contribution in [0.1, 0.15) is 56.9 Å². The minimum absolute atomic E-state index is 0.257. The second-order valence-corrected chi connectivity index (χ2v) is 10.9. The van der Waals surface area contributed by atoms with Crippen LogP contribution in [0.5, 0.6) is 0 Å². The minimum atomic E-state index is -0.767. The van der Waals surface area contributed by atoms with Crippen molar-refractivity contribution in [3.8, 4) is 33.8 Å². The third-order valence-corrected chi connectivity index (χ3v) is 7.89. The SMILES string of the molecule is CCCCc1nc2cc(-c3cccc[n+]3O)c(CF)nc2n1Cc1ccc(-c2ccccc2-c2nnnn2C(C)OCC)cc1. The Kier molecular flexibility index (Phi) is 8.88. The molecule has 0 radical (unpaired) electrons. The van der Waals surface area contributed by atoms with Gasteiger partial charge in [0.1, 0.15) is 18.0 Å². The molecule has 230 valence electrons. The average Bonchev–Trinajstić information content (AvgIpc) is 3.69. The zero-order chi connectivity index (χ0) is 31.3. The summed E-state index contributed by atoms with van der Waals surface area (Å²) in [5.41, 5.74) is 6.53. The number of fused-ring (bicyclic) bond motifs is 1. The molecule has 6 rings (SSSR count). The maximum Gasteiger partial charge on any atom is 0.266 e. The summed E-state index contributed by atoms with van der Waals surface area (Å²) in [6, 6.07) is 23.5. The van der Waals surface area contributed by atoms with E-state index in [4.69, 9.17) is 14.7 Å². The Morgan fingerprint density at radius 3 is 2.47 bits per heavy atom. The normalized spacial score (nSPS) is 12.2. The van der Waals surface area contributed by atoms with E-state index < -0.39 is 6.67 Å². The number of aryl methyl sites for hydroxylation is 1. The van der Waals surface area contributed by atoms with Crippen molar-refractivity contribution in [3.63, 3.8) is 0 Å². The van der Waals surface area contributed by atoms with Crippen LogP contribution >= 0.6 is 0 Å². The molecule has 1 unspecified atom stereocenters. The van der Waals surface area contributed by atoms with E-state index in [-0.39, 0.29) is 11.9 Å². The standard InChI is InChI=1S/C34H36FN8O2/c1-4-6-14-32-36-29-20-28(31-13-9-10-19-42(31)44)30(21-35)37-34(29)41(32)22-24-15-17-25(18-16-24)26-11-7-8-12-27(26)33-38-39-40-43(33)23(3)45-5-2/h7-13,15-20,23,44H,4-6,14,21-22H2,1-3H3/q+1. The molecule has 0 aliphatic carbocycles. The van der Waals surface area contributed by atoms with Crippen molar-refractivity contribution in [2.75, 3.05) is 6.61 Å². The molecule has 0 bridgehead atoms. The number of halogens is 1. The zero-order valence-electron chi connectivity index (χ0n) is 25.6. The van der Waals surface area contributed by atoms with Crippen molar-refractivity contribution in [2.45, 2.75) is 59.5 Å². The van der Waals surface area contributed by atoms with Gasteiger partial charge in [-0.1, -0.05) is 61.9 Å². The summed E-state index contributed by atoms with van der Waals surface area (Å²) >= 11 is 0. The average molecular weight is 608 g/mol. The molecule has 11 heteroatoms. The lowest BCUT2D eigenvalue weighted by atomic mass is 9.98. The highest BCUT2D eigenvalue weighted by atomic mass is 19.1. The van der Waals surface area contributed by atoms with Crippen LogP contribution in [-0.4, -0.2) is 46.6 Å². The fourth-order valence-corrected chi connectivity index (χ4v) is 5.63. The van der Waals surface area contributed by atoms with E-state index in [0.717, 1.165) is 52.1 Å². The van der Waals surface area contributed by atoms with E-state index in [9.17, 15) is 9.60 Å². The monoisotopic (exact) mass is 607 g/mol. The van der Waals surface area contributed by atoms with E-state index in [1.807, 2.05) is 38.1 Å². The molecule has 0 amide bonds. The highest BCUT2D eigenvalue weighted by molar-refractivity contribution is 5.81. The highest BCUT2D eigenvalue weighted by Crippen LogP contribution is 2.32. The number of rotatable bonds is 12. The number of hydrogen-bond donors (Lipinski definition) is 1. The van der Waals surface area contributed by atoms with E-state index >= 15 is 0 Å². The number of imidazole rings is 1. The first-order valence-corrected chi connectivity index (χ1v) is 15.3.